The van der Waals surface area contributed by atoms with Crippen molar-refractivity contribution in [3.05, 3.63) is 40.2 Å². The van der Waals surface area contributed by atoms with Crippen LogP contribution in [0.25, 0.3) is 0 Å². The lowest BCUT2D eigenvalue weighted by Crippen LogP contribution is -1.86. The number of nitro benzene ring substituents is 1. The minimum atomic E-state index is -0.570. The molecule has 0 aliphatic rings. The zero-order valence-corrected chi connectivity index (χ0v) is 7.66. The molecule has 1 rings (SSSR count). The van der Waals surface area contributed by atoms with Gasteiger partial charge in [-0.15, -0.1) is 0 Å². The van der Waals surface area contributed by atoms with Crippen molar-refractivity contribution in [2.45, 2.75) is 20.3 Å². The fourth-order valence-electron chi connectivity index (χ4n) is 0.563. The van der Waals surface area contributed by atoms with Crippen LogP contribution in [-0.2, 0) is 0 Å². The Labute approximate surface area is 76.4 Å². The van der Waals surface area contributed by atoms with Gasteiger partial charge in [0.1, 0.15) is 5.82 Å². The quantitative estimate of drug-likeness (QED) is 0.498. The molecule has 0 aliphatic heterocycles. The summed E-state index contributed by atoms with van der Waals surface area (Å²) >= 11 is 0. The molecular weight excluding hydrogens is 173 g/mol. The summed E-state index contributed by atoms with van der Waals surface area (Å²) < 4.78 is 12.1. The van der Waals surface area contributed by atoms with Gasteiger partial charge in [-0.2, -0.15) is 0 Å². The van der Waals surface area contributed by atoms with E-state index in [9.17, 15) is 14.5 Å². The van der Waals surface area contributed by atoms with Gasteiger partial charge in [0.15, 0.2) is 0 Å². The summed E-state index contributed by atoms with van der Waals surface area (Å²) in [5, 5.41) is 10.00. The van der Waals surface area contributed by atoms with E-state index in [0.29, 0.717) is 0 Å². The lowest BCUT2D eigenvalue weighted by Gasteiger charge is -1.87. The lowest BCUT2D eigenvalue weighted by atomic mass is 10.3. The van der Waals surface area contributed by atoms with Crippen molar-refractivity contribution in [1.29, 1.82) is 0 Å². The number of halogens is 1. The predicted molar refractivity (Wildman–Crippen MR) is 49.0 cm³/mol. The average Bonchev–Trinajstić information content (AvgIpc) is 2.06. The zero-order valence-electron chi connectivity index (χ0n) is 7.66. The lowest BCUT2D eigenvalue weighted by molar-refractivity contribution is -0.384. The van der Waals surface area contributed by atoms with Gasteiger partial charge in [-0.3, -0.25) is 10.1 Å². The molecular formula is C9H12FNO2. The smallest absolute Gasteiger partial charge is 0.258 e. The normalized spacial score (nSPS) is 8.54. The molecule has 0 fully saturated rings. The van der Waals surface area contributed by atoms with E-state index in [1.54, 1.807) is 0 Å². The third-order valence-electron chi connectivity index (χ3n) is 1.04. The summed E-state index contributed by atoms with van der Waals surface area (Å²) in [6, 6.07) is 4.35. The topological polar surface area (TPSA) is 43.1 Å². The molecule has 0 atom stereocenters. The van der Waals surface area contributed by atoms with Crippen LogP contribution in [0.4, 0.5) is 10.1 Å². The molecule has 13 heavy (non-hydrogen) atoms. The second-order valence-electron chi connectivity index (χ2n) is 2.44. The molecule has 0 aromatic heterocycles. The standard InChI is InChI=1S/C6H4FNO2.C3H8/c7-5-1-3-6(4-2-5)8(9)10;1-3-2/h1-4H;3H2,1-2H3. The van der Waals surface area contributed by atoms with Crippen LogP contribution in [0.5, 0.6) is 0 Å². The molecule has 0 aliphatic carbocycles. The molecule has 1 aromatic carbocycles. The Kier molecular flexibility index (Phi) is 5.43. The van der Waals surface area contributed by atoms with E-state index < -0.39 is 10.7 Å². The van der Waals surface area contributed by atoms with Crippen LogP contribution < -0.4 is 0 Å². The Morgan fingerprint density at radius 1 is 1.31 bits per heavy atom. The van der Waals surface area contributed by atoms with Crippen molar-refractivity contribution in [2.24, 2.45) is 0 Å². The van der Waals surface area contributed by atoms with Gasteiger partial charge in [-0.1, -0.05) is 20.3 Å². The molecule has 1 aromatic rings. The van der Waals surface area contributed by atoms with Gasteiger partial charge >= 0.3 is 0 Å². The minimum absolute atomic E-state index is 0.0959. The second-order valence-corrected chi connectivity index (χ2v) is 2.44. The summed E-state index contributed by atoms with van der Waals surface area (Å²) in [6.07, 6.45) is 1.25. The Hall–Kier alpha value is -1.45. The van der Waals surface area contributed by atoms with E-state index in [1.807, 2.05) is 0 Å². The summed E-state index contributed by atoms with van der Waals surface area (Å²) in [5.41, 5.74) is -0.0959. The summed E-state index contributed by atoms with van der Waals surface area (Å²) in [5.74, 6) is -0.467. The number of hydrogen-bond acceptors (Lipinski definition) is 2. The van der Waals surface area contributed by atoms with Crippen molar-refractivity contribution >= 4 is 5.69 Å². The molecule has 0 amide bonds. The van der Waals surface area contributed by atoms with E-state index in [0.717, 1.165) is 24.3 Å². The van der Waals surface area contributed by atoms with Gasteiger partial charge < -0.3 is 0 Å². The van der Waals surface area contributed by atoms with Crippen molar-refractivity contribution in [2.75, 3.05) is 0 Å². The molecule has 0 unspecified atom stereocenters. The Balaban J connectivity index is 0.000000424. The van der Waals surface area contributed by atoms with E-state index in [2.05, 4.69) is 13.8 Å². The highest BCUT2D eigenvalue weighted by molar-refractivity contribution is 5.28. The molecule has 0 spiro atoms. The third kappa shape index (κ3) is 4.90. The number of non-ortho nitro benzene ring substituents is 1. The SMILES string of the molecule is CCC.O=[N+]([O-])c1ccc(F)cc1. The molecule has 0 saturated carbocycles. The van der Waals surface area contributed by atoms with Crippen molar-refractivity contribution in [3.8, 4) is 0 Å². The zero-order chi connectivity index (χ0) is 10.3. The Bertz CT molecular complexity index is 259. The second kappa shape index (κ2) is 6.11. The van der Waals surface area contributed by atoms with Crippen LogP contribution in [-0.4, -0.2) is 4.92 Å². The maximum atomic E-state index is 12.1. The van der Waals surface area contributed by atoms with Gasteiger partial charge in [0.2, 0.25) is 0 Å². The predicted octanol–water partition coefficient (Wildman–Crippen LogP) is 3.15. The minimum Gasteiger partial charge on any atom is -0.258 e. The number of nitrogens with zero attached hydrogens (tertiary/aromatic N) is 1. The molecule has 0 radical (unpaired) electrons. The highest BCUT2D eigenvalue weighted by Crippen LogP contribution is 2.09. The molecule has 0 N–H and O–H groups in total. The number of rotatable bonds is 1. The summed E-state index contributed by atoms with van der Waals surface area (Å²) in [4.78, 5) is 9.43. The number of nitro groups is 1. The maximum absolute atomic E-state index is 12.1. The molecule has 4 heteroatoms. The monoisotopic (exact) mass is 185 g/mol. The van der Waals surface area contributed by atoms with Crippen molar-refractivity contribution < 1.29 is 9.31 Å². The molecule has 0 heterocycles. The van der Waals surface area contributed by atoms with E-state index in [4.69, 9.17) is 0 Å². The largest absolute Gasteiger partial charge is 0.269 e. The van der Waals surface area contributed by atoms with Crippen molar-refractivity contribution in [3.63, 3.8) is 0 Å². The van der Waals surface area contributed by atoms with E-state index >= 15 is 0 Å². The highest BCUT2D eigenvalue weighted by Gasteiger charge is 2.01. The maximum Gasteiger partial charge on any atom is 0.269 e. The number of hydrogen-bond donors (Lipinski definition) is 0. The van der Waals surface area contributed by atoms with Gasteiger partial charge in [-0.05, 0) is 12.1 Å². The van der Waals surface area contributed by atoms with Crippen LogP contribution in [0, 0.1) is 15.9 Å². The van der Waals surface area contributed by atoms with Crippen LogP contribution in [0.3, 0.4) is 0 Å². The number of benzene rings is 1. The van der Waals surface area contributed by atoms with Gasteiger partial charge in [-0.25, -0.2) is 4.39 Å². The molecule has 0 saturated heterocycles. The first-order valence-corrected chi connectivity index (χ1v) is 4.01. The van der Waals surface area contributed by atoms with Gasteiger partial charge in [0, 0.05) is 12.1 Å². The first kappa shape index (κ1) is 11.6. The van der Waals surface area contributed by atoms with Crippen LogP contribution in [0.2, 0.25) is 0 Å². The molecule has 0 bridgehead atoms. The fraction of sp³-hybridized carbons (Fsp3) is 0.333. The van der Waals surface area contributed by atoms with Crippen LogP contribution in [0.1, 0.15) is 20.3 Å². The van der Waals surface area contributed by atoms with Gasteiger partial charge in [0.05, 0.1) is 4.92 Å². The average molecular weight is 185 g/mol. The van der Waals surface area contributed by atoms with Crippen LogP contribution >= 0.6 is 0 Å². The first-order chi connectivity index (χ1) is 6.11. The van der Waals surface area contributed by atoms with E-state index in [-0.39, 0.29) is 5.69 Å². The van der Waals surface area contributed by atoms with E-state index in [1.165, 1.54) is 6.42 Å². The third-order valence-corrected chi connectivity index (χ3v) is 1.04. The first-order valence-electron chi connectivity index (χ1n) is 4.01. The highest BCUT2D eigenvalue weighted by atomic mass is 19.1. The van der Waals surface area contributed by atoms with Crippen LogP contribution in [0.15, 0.2) is 24.3 Å². The fourth-order valence-corrected chi connectivity index (χ4v) is 0.563. The Morgan fingerprint density at radius 3 is 2.00 bits per heavy atom. The van der Waals surface area contributed by atoms with Crippen molar-refractivity contribution in [1.82, 2.24) is 0 Å². The molecule has 3 nitrogen and oxygen atoms in total. The summed E-state index contributed by atoms with van der Waals surface area (Å²) in [6.45, 7) is 4.25. The molecule has 72 valence electrons. The Morgan fingerprint density at radius 2 is 1.69 bits per heavy atom. The van der Waals surface area contributed by atoms with Gasteiger partial charge in [0.25, 0.3) is 5.69 Å². The summed E-state index contributed by atoms with van der Waals surface area (Å²) in [7, 11) is 0.